The van der Waals surface area contributed by atoms with Crippen molar-refractivity contribution in [3.8, 4) is 16.9 Å². The Morgan fingerprint density at radius 2 is 1.71 bits per heavy atom. The summed E-state index contributed by atoms with van der Waals surface area (Å²) in [5.41, 5.74) is 10.5. The molecule has 0 amide bonds. The van der Waals surface area contributed by atoms with Gasteiger partial charge in [-0.25, -0.2) is 0 Å². The molecule has 0 radical (unpaired) electrons. The van der Waals surface area contributed by atoms with Gasteiger partial charge in [-0.1, -0.05) is 44.2 Å². The minimum atomic E-state index is -0.0723. The van der Waals surface area contributed by atoms with Crippen molar-refractivity contribution < 1.29 is 5.11 Å². The van der Waals surface area contributed by atoms with Crippen LogP contribution in [0.2, 0.25) is 0 Å². The van der Waals surface area contributed by atoms with Crippen LogP contribution in [-0.2, 0) is 5.41 Å². The first-order valence-corrected chi connectivity index (χ1v) is 5.75. The van der Waals surface area contributed by atoms with Gasteiger partial charge in [0.25, 0.3) is 0 Å². The molecule has 0 saturated heterocycles. The fraction of sp³-hybridized carbons (Fsp3) is 0.200. The van der Waals surface area contributed by atoms with Crippen molar-refractivity contribution in [1.82, 2.24) is 0 Å². The highest BCUT2D eigenvalue weighted by Crippen LogP contribution is 2.52. The molecule has 0 atom stereocenters. The highest BCUT2D eigenvalue weighted by molar-refractivity contribution is 5.88. The van der Waals surface area contributed by atoms with Gasteiger partial charge in [-0.05, 0) is 22.8 Å². The molecule has 0 unspecified atom stereocenters. The zero-order valence-corrected chi connectivity index (χ0v) is 9.99. The van der Waals surface area contributed by atoms with Crippen molar-refractivity contribution in [2.75, 3.05) is 5.73 Å². The number of nitrogens with two attached hydrogens (primary N) is 1. The van der Waals surface area contributed by atoms with Gasteiger partial charge in [0.05, 0.1) is 5.69 Å². The van der Waals surface area contributed by atoms with Crippen LogP contribution in [0.1, 0.15) is 25.0 Å². The molecule has 0 saturated carbocycles. The largest absolute Gasteiger partial charge is 0.505 e. The first-order valence-electron chi connectivity index (χ1n) is 5.75. The van der Waals surface area contributed by atoms with Crippen LogP contribution in [-0.4, -0.2) is 5.11 Å². The summed E-state index contributed by atoms with van der Waals surface area (Å²) in [6.07, 6.45) is 0. The van der Waals surface area contributed by atoms with Crippen molar-refractivity contribution in [2.24, 2.45) is 0 Å². The van der Waals surface area contributed by atoms with Gasteiger partial charge in [-0.3, -0.25) is 0 Å². The molecule has 3 rings (SSSR count). The van der Waals surface area contributed by atoms with Crippen LogP contribution in [0.5, 0.6) is 5.75 Å². The van der Waals surface area contributed by atoms with Crippen LogP contribution in [0.3, 0.4) is 0 Å². The first-order chi connectivity index (χ1) is 8.03. The number of fused-ring (bicyclic) bond motifs is 3. The van der Waals surface area contributed by atoms with Crippen LogP contribution < -0.4 is 5.73 Å². The number of hydrogen-bond donors (Lipinski definition) is 2. The number of anilines is 1. The fourth-order valence-corrected chi connectivity index (χ4v) is 2.79. The number of hydrogen-bond acceptors (Lipinski definition) is 2. The maximum Gasteiger partial charge on any atom is 0.146 e. The van der Waals surface area contributed by atoms with Crippen LogP contribution in [0.4, 0.5) is 5.69 Å². The second-order valence-corrected chi connectivity index (χ2v) is 5.10. The van der Waals surface area contributed by atoms with Gasteiger partial charge in [-0.2, -0.15) is 0 Å². The number of benzene rings is 2. The summed E-state index contributed by atoms with van der Waals surface area (Å²) in [4.78, 5) is 0. The highest BCUT2D eigenvalue weighted by Gasteiger charge is 2.37. The summed E-state index contributed by atoms with van der Waals surface area (Å²) in [5, 5.41) is 10.2. The first kappa shape index (κ1) is 10.2. The molecule has 0 spiro atoms. The van der Waals surface area contributed by atoms with E-state index in [1.807, 2.05) is 24.3 Å². The summed E-state index contributed by atoms with van der Waals surface area (Å²) in [6.45, 7) is 4.35. The van der Waals surface area contributed by atoms with E-state index < -0.39 is 0 Å². The van der Waals surface area contributed by atoms with Crippen LogP contribution in [0.15, 0.2) is 36.4 Å². The van der Waals surface area contributed by atoms with Gasteiger partial charge in [0.2, 0.25) is 0 Å². The summed E-state index contributed by atoms with van der Waals surface area (Å²) in [7, 11) is 0. The molecule has 1 aliphatic rings. The zero-order chi connectivity index (χ0) is 12.2. The Kier molecular flexibility index (Phi) is 1.82. The summed E-state index contributed by atoms with van der Waals surface area (Å²) >= 11 is 0. The molecular weight excluding hydrogens is 210 g/mol. The van der Waals surface area contributed by atoms with E-state index in [0.29, 0.717) is 5.69 Å². The van der Waals surface area contributed by atoms with Crippen molar-refractivity contribution in [1.29, 1.82) is 0 Å². The number of aromatic hydroxyl groups is 1. The van der Waals surface area contributed by atoms with Gasteiger partial charge < -0.3 is 10.8 Å². The molecule has 0 fully saturated rings. The molecule has 0 aliphatic heterocycles. The average molecular weight is 225 g/mol. The van der Waals surface area contributed by atoms with Crippen LogP contribution in [0.25, 0.3) is 11.1 Å². The van der Waals surface area contributed by atoms with E-state index >= 15 is 0 Å². The molecule has 1 aliphatic carbocycles. The number of nitrogen functional groups attached to an aromatic ring is 1. The normalized spacial score (nSPS) is 15.4. The monoisotopic (exact) mass is 225 g/mol. The smallest absolute Gasteiger partial charge is 0.146 e. The molecule has 2 aromatic carbocycles. The predicted octanol–water partition coefficient (Wildman–Crippen LogP) is 3.28. The van der Waals surface area contributed by atoms with E-state index in [2.05, 4.69) is 19.9 Å². The second kappa shape index (κ2) is 3.04. The van der Waals surface area contributed by atoms with Gasteiger partial charge in [0.1, 0.15) is 5.75 Å². The lowest BCUT2D eigenvalue weighted by atomic mass is 9.82. The third-order valence-electron chi connectivity index (χ3n) is 3.75. The molecule has 0 bridgehead atoms. The standard InChI is InChI=1S/C15H15NO/c1-15(2)10-6-4-3-5-9(10)13-11(15)7-8-12(16)14(13)17/h3-8,17H,16H2,1-2H3. The second-order valence-electron chi connectivity index (χ2n) is 5.10. The lowest BCUT2D eigenvalue weighted by Crippen LogP contribution is -2.14. The van der Waals surface area contributed by atoms with Crippen molar-refractivity contribution >= 4 is 5.69 Å². The Labute approximate surface area is 101 Å². The maximum atomic E-state index is 10.2. The van der Waals surface area contributed by atoms with Gasteiger partial charge >= 0.3 is 0 Å². The van der Waals surface area contributed by atoms with Gasteiger partial charge in [-0.15, -0.1) is 0 Å². The predicted molar refractivity (Wildman–Crippen MR) is 70.1 cm³/mol. The van der Waals surface area contributed by atoms with E-state index in [-0.39, 0.29) is 11.2 Å². The minimum absolute atomic E-state index is 0.0723. The third-order valence-corrected chi connectivity index (χ3v) is 3.75. The molecule has 86 valence electrons. The Hall–Kier alpha value is -1.96. The maximum absolute atomic E-state index is 10.2. The molecular formula is C15H15NO. The van der Waals surface area contributed by atoms with Gasteiger partial charge in [0.15, 0.2) is 0 Å². The highest BCUT2D eigenvalue weighted by atomic mass is 16.3. The Balaban J connectivity index is 2.46. The zero-order valence-electron chi connectivity index (χ0n) is 9.99. The van der Waals surface area contributed by atoms with Crippen molar-refractivity contribution in [3.05, 3.63) is 47.5 Å². The quantitative estimate of drug-likeness (QED) is 0.534. The average Bonchev–Trinajstić information content (AvgIpc) is 2.54. The molecule has 0 aromatic heterocycles. The summed E-state index contributed by atoms with van der Waals surface area (Å²) < 4.78 is 0. The third kappa shape index (κ3) is 1.15. The molecule has 0 heterocycles. The van der Waals surface area contributed by atoms with Crippen molar-refractivity contribution in [2.45, 2.75) is 19.3 Å². The van der Waals surface area contributed by atoms with E-state index in [4.69, 9.17) is 5.73 Å². The molecule has 2 heteroatoms. The SMILES string of the molecule is CC1(C)c2ccccc2-c2c1ccc(N)c2O. The Morgan fingerprint density at radius 3 is 2.47 bits per heavy atom. The molecule has 17 heavy (non-hydrogen) atoms. The Bertz CT molecular complexity index is 614. The number of rotatable bonds is 0. The number of phenols is 1. The summed E-state index contributed by atoms with van der Waals surface area (Å²) in [5.74, 6) is 0.209. The number of phenolic OH excluding ortho intramolecular Hbond substituents is 1. The Morgan fingerprint density at radius 1 is 1.00 bits per heavy atom. The van der Waals surface area contributed by atoms with E-state index in [1.165, 1.54) is 5.56 Å². The van der Waals surface area contributed by atoms with Crippen molar-refractivity contribution in [3.63, 3.8) is 0 Å². The van der Waals surface area contributed by atoms with E-state index in [0.717, 1.165) is 16.7 Å². The minimum Gasteiger partial charge on any atom is -0.505 e. The molecule has 3 N–H and O–H groups in total. The lowest BCUT2D eigenvalue weighted by Gasteiger charge is -2.21. The summed E-state index contributed by atoms with van der Waals surface area (Å²) in [6, 6.07) is 12.0. The fourth-order valence-electron chi connectivity index (χ4n) is 2.79. The van der Waals surface area contributed by atoms with Gasteiger partial charge in [0, 0.05) is 11.0 Å². The topological polar surface area (TPSA) is 46.2 Å². The van der Waals surface area contributed by atoms with E-state index in [1.54, 1.807) is 6.07 Å². The van der Waals surface area contributed by atoms with Crippen LogP contribution >= 0.6 is 0 Å². The molecule has 2 nitrogen and oxygen atoms in total. The lowest BCUT2D eigenvalue weighted by molar-refractivity contribution is 0.479. The molecule has 2 aromatic rings. The van der Waals surface area contributed by atoms with E-state index in [9.17, 15) is 5.11 Å². The van der Waals surface area contributed by atoms with Crippen LogP contribution in [0, 0.1) is 0 Å².